The number of H-pyrrole nitrogens is 1. The van der Waals surface area contributed by atoms with E-state index in [0.29, 0.717) is 6.54 Å². The van der Waals surface area contributed by atoms with Gasteiger partial charge in [-0.2, -0.15) is 5.10 Å². The molecule has 0 fully saturated rings. The van der Waals surface area contributed by atoms with Crippen LogP contribution in [-0.4, -0.2) is 49.5 Å². The van der Waals surface area contributed by atoms with Gasteiger partial charge in [-0.3, -0.25) is 5.10 Å². The first kappa shape index (κ1) is 17.7. The molecular formula is C18H23N7O. The zero-order chi connectivity index (χ0) is 18.7. The Hall–Kier alpha value is -3.16. The summed E-state index contributed by atoms with van der Waals surface area (Å²) in [6.07, 6.45) is 2.42. The van der Waals surface area contributed by atoms with Crippen molar-refractivity contribution in [2.75, 3.05) is 18.9 Å². The van der Waals surface area contributed by atoms with E-state index in [0.717, 1.165) is 40.4 Å². The number of hydrogen-bond donors (Lipinski definition) is 2. The van der Waals surface area contributed by atoms with Crippen molar-refractivity contribution < 1.29 is 4.79 Å². The van der Waals surface area contributed by atoms with Crippen LogP contribution in [0.1, 0.15) is 17.0 Å². The maximum Gasteiger partial charge on any atom is 0.321 e. The summed E-state index contributed by atoms with van der Waals surface area (Å²) in [5.41, 5.74) is 4.88. The summed E-state index contributed by atoms with van der Waals surface area (Å²) in [6, 6.07) is 7.41. The van der Waals surface area contributed by atoms with Crippen LogP contribution in [0.3, 0.4) is 0 Å². The number of likely N-dealkylation sites (N-methyl/N-ethyl adjacent to an activating group) is 1. The van der Waals surface area contributed by atoms with E-state index in [1.54, 1.807) is 18.3 Å². The fourth-order valence-corrected chi connectivity index (χ4v) is 2.79. The predicted molar refractivity (Wildman–Crippen MR) is 99.9 cm³/mol. The summed E-state index contributed by atoms with van der Waals surface area (Å²) >= 11 is 0. The largest absolute Gasteiger partial charge is 0.327 e. The Kier molecular flexibility index (Phi) is 5.01. The summed E-state index contributed by atoms with van der Waals surface area (Å²) in [7, 11) is 3.68. The number of anilines is 1. The molecule has 136 valence electrons. The van der Waals surface area contributed by atoms with Crippen LogP contribution < -0.4 is 5.32 Å². The number of aryl methyl sites for hydroxylation is 3. The second-order valence-corrected chi connectivity index (χ2v) is 6.36. The molecule has 8 heteroatoms. The zero-order valence-electron chi connectivity index (χ0n) is 15.4. The minimum Gasteiger partial charge on any atom is -0.327 e. The average Bonchev–Trinajstić information content (AvgIpc) is 3.19. The zero-order valence-corrected chi connectivity index (χ0v) is 15.4. The van der Waals surface area contributed by atoms with Gasteiger partial charge in [-0.05, 0) is 50.1 Å². The van der Waals surface area contributed by atoms with Crippen molar-refractivity contribution in [2.45, 2.75) is 20.3 Å². The minimum absolute atomic E-state index is 0.143. The molecular weight excluding hydrogens is 330 g/mol. The van der Waals surface area contributed by atoms with E-state index in [1.165, 1.54) is 0 Å². The number of benzene rings is 1. The van der Waals surface area contributed by atoms with Gasteiger partial charge >= 0.3 is 6.03 Å². The van der Waals surface area contributed by atoms with Crippen LogP contribution in [-0.2, 0) is 13.5 Å². The van der Waals surface area contributed by atoms with E-state index in [1.807, 2.05) is 49.7 Å². The normalized spacial score (nSPS) is 10.8. The highest BCUT2D eigenvalue weighted by atomic mass is 16.2. The molecule has 0 radical (unpaired) electrons. The first-order valence-corrected chi connectivity index (χ1v) is 8.42. The Morgan fingerprint density at radius 2 is 2.00 bits per heavy atom. The fourth-order valence-electron chi connectivity index (χ4n) is 2.79. The lowest BCUT2D eigenvalue weighted by Gasteiger charge is -2.18. The lowest BCUT2D eigenvalue weighted by molar-refractivity contribution is 0.223. The molecule has 0 bridgehead atoms. The van der Waals surface area contributed by atoms with Gasteiger partial charge in [-0.25, -0.2) is 4.79 Å². The van der Waals surface area contributed by atoms with Crippen LogP contribution in [0.15, 0.2) is 30.6 Å². The maximum atomic E-state index is 12.4. The lowest BCUT2D eigenvalue weighted by atomic mass is 10.1. The molecule has 0 aliphatic heterocycles. The van der Waals surface area contributed by atoms with E-state index in [-0.39, 0.29) is 6.03 Å². The van der Waals surface area contributed by atoms with Gasteiger partial charge in [-0.15, -0.1) is 10.2 Å². The van der Waals surface area contributed by atoms with Gasteiger partial charge in [0.05, 0.1) is 5.69 Å². The van der Waals surface area contributed by atoms with Crippen molar-refractivity contribution >= 4 is 11.7 Å². The molecule has 0 atom stereocenters. The molecule has 3 rings (SSSR count). The van der Waals surface area contributed by atoms with Crippen LogP contribution in [0.5, 0.6) is 0 Å². The Labute approximate surface area is 152 Å². The number of amides is 2. The fraction of sp³-hybridized carbons (Fsp3) is 0.333. The van der Waals surface area contributed by atoms with Gasteiger partial charge in [0.25, 0.3) is 0 Å². The molecule has 2 amide bonds. The molecule has 2 N–H and O–H groups in total. The predicted octanol–water partition coefficient (Wildman–Crippen LogP) is 2.53. The van der Waals surface area contributed by atoms with Crippen molar-refractivity contribution in [3.05, 3.63) is 47.5 Å². The summed E-state index contributed by atoms with van der Waals surface area (Å²) in [6.45, 7) is 4.58. The Balaban J connectivity index is 1.58. The van der Waals surface area contributed by atoms with Crippen molar-refractivity contribution in [2.24, 2.45) is 7.05 Å². The second kappa shape index (κ2) is 7.38. The van der Waals surface area contributed by atoms with Crippen LogP contribution in [0.2, 0.25) is 0 Å². The SMILES string of the molecule is Cc1n[nH]c(C)c1CCN(C)C(=O)Nc1ccc(-c2nncn2C)cc1. The molecule has 0 aliphatic rings. The number of nitrogens with zero attached hydrogens (tertiary/aromatic N) is 5. The minimum atomic E-state index is -0.143. The van der Waals surface area contributed by atoms with Crippen molar-refractivity contribution in [3.63, 3.8) is 0 Å². The number of hydrogen-bond acceptors (Lipinski definition) is 4. The Morgan fingerprint density at radius 1 is 1.27 bits per heavy atom. The van der Waals surface area contributed by atoms with E-state index in [4.69, 9.17) is 0 Å². The number of urea groups is 1. The standard InChI is InChI=1S/C18H23N7O/c1-12-16(13(2)22-21-12)9-10-24(3)18(26)20-15-7-5-14(6-8-15)17-23-19-11-25(17)4/h5-8,11H,9-10H2,1-4H3,(H,20,26)(H,21,22). The molecule has 0 spiro atoms. The van der Waals surface area contributed by atoms with Gasteiger partial charge in [0.15, 0.2) is 5.82 Å². The third kappa shape index (κ3) is 3.74. The first-order chi connectivity index (χ1) is 12.5. The van der Waals surface area contributed by atoms with Crippen molar-refractivity contribution in [1.82, 2.24) is 29.9 Å². The highest BCUT2D eigenvalue weighted by Crippen LogP contribution is 2.19. The van der Waals surface area contributed by atoms with Crippen LogP contribution >= 0.6 is 0 Å². The molecule has 26 heavy (non-hydrogen) atoms. The third-order valence-corrected chi connectivity index (χ3v) is 4.43. The van der Waals surface area contributed by atoms with Crippen molar-refractivity contribution in [3.8, 4) is 11.4 Å². The lowest BCUT2D eigenvalue weighted by Crippen LogP contribution is -2.33. The van der Waals surface area contributed by atoms with Gasteiger partial charge in [0.1, 0.15) is 6.33 Å². The van der Waals surface area contributed by atoms with Crippen molar-refractivity contribution in [1.29, 1.82) is 0 Å². The number of nitrogens with one attached hydrogen (secondary N) is 2. The Bertz CT molecular complexity index is 875. The summed E-state index contributed by atoms with van der Waals surface area (Å²) < 4.78 is 1.85. The first-order valence-electron chi connectivity index (χ1n) is 8.42. The summed E-state index contributed by atoms with van der Waals surface area (Å²) in [5.74, 6) is 0.783. The highest BCUT2D eigenvalue weighted by Gasteiger charge is 2.12. The number of carbonyl (C=O) groups excluding carboxylic acids is 1. The topological polar surface area (TPSA) is 91.7 Å². The average molecular weight is 353 g/mol. The van der Waals surface area contributed by atoms with E-state index in [9.17, 15) is 4.79 Å². The molecule has 2 aromatic heterocycles. The quantitative estimate of drug-likeness (QED) is 0.737. The van der Waals surface area contributed by atoms with Crippen LogP contribution in [0.25, 0.3) is 11.4 Å². The van der Waals surface area contributed by atoms with Crippen LogP contribution in [0.4, 0.5) is 10.5 Å². The van der Waals surface area contributed by atoms with Gasteiger partial charge < -0.3 is 14.8 Å². The molecule has 8 nitrogen and oxygen atoms in total. The maximum absolute atomic E-state index is 12.4. The third-order valence-electron chi connectivity index (χ3n) is 4.43. The molecule has 2 heterocycles. The van der Waals surface area contributed by atoms with Gasteiger partial charge in [-0.1, -0.05) is 0 Å². The molecule has 3 aromatic rings. The smallest absolute Gasteiger partial charge is 0.321 e. The van der Waals surface area contributed by atoms with Crippen LogP contribution in [0, 0.1) is 13.8 Å². The molecule has 0 saturated carbocycles. The van der Waals surface area contributed by atoms with Gasteiger partial charge in [0, 0.05) is 37.6 Å². The van der Waals surface area contributed by atoms with E-state index in [2.05, 4.69) is 25.7 Å². The molecule has 0 aliphatic carbocycles. The van der Waals surface area contributed by atoms with E-state index < -0.39 is 0 Å². The molecule has 0 saturated heterocycles. The molecule has 1 aromatic carbocycles. The highest BCUT2D eigenvalue weighted by molar-refractivity contribution is 5.89. The number of carbonyl (C=O) groups is 1. The summed E-state index contributed by atoms with van der Waals surface area (Å²) in [5, 5.41) is 18.0. The number of aromatic amines is 1. The summed E-state index contributed by atoms with van der Waals surface area (Å²) in [4.78, 5) is 14.0. The van der Waals surface area contributed by atoms with Gasteiger partial charge in [0.2, 0.25) is 0 Å². The second-order valence-electron chi connectivity index (χ2n) is 6.36. The Morgan fingerprint density at radius 3 is 2.58 bits per heavy atom. The number of rotatable bonds is 5. The van der Waals surface area contributed by atoms with E-state index >= 15 is 0 Å². The molecule has 0 unspecified atom stereocenters. The monoisotopic (exact) mass is 353 g/mol. The number of aromatic nitrogens is 5.